The monoisotopic (exact) mass is 274 g/mol. The van der Waals surface area contributed by atoms with Crippen molar-refractivity contribution in [1.82, 2.24) is 9.88 Å². The lowest BCUT2D eigenvalue weighted by Gasteiger charge is -2.28. The maximum absolute atomic E-state index is 12.5. The number of carbonyl (C=O) groups is 1. The lowest BCUT2D eigenvalue weighted by atomic mass is 9.95. The van der Waals surface area contributed by atoms with Gasteiger partial charge in [0.1, 0.15) is 0 Å². The Morgan fingerprint density at radius 1 is 1.25 bits per heavy atom. The summed E-state index contributed by atoms with van der Waals surface area (Å²) >= 11 is 0. The number of nitrogens with one attached hydrogen (secondary N) is 1. The average molecular weight is 274 g/mol. The Bertz CT molecular complexity index is 485. The van der Waals surface area contributed by atoms with Gasteiger partial charge >= 0.3 is 0 Å². The number of nitrogens with zero attached hydrogens (tertiary/aromatic N) is 1. The molecule has 3 rings (SSSR count). The van der Waals surface area contributed by atoms with E-state index in [0.717, 1.165) is 29.4 Å². The van der Waals surface area contributed by atoms with Crippen molar-refractivity contribution in [3.8, 4) is 0 Å². The van der Waals surface area contributed by atoms with Crippen molar-refractivity contribution in [2.75, 3.05) is 13.1 Å². The van der Waals surface area contributed by atoms with Crippen LogP contribution in [-0.4, -0.2) is 34.8 Å². The molecule has 3 nitrogen and oxygen atoms in total. The Labute approximate surface area is 121 Å². The van der Waals surface area contributed by atoms with Crippen molar-refractivity contribution >= 4 is 5.78 Å². The maximum Gasteiger partial charge on any atom is 0.178 e. The van der Waals surface area contributed by atoms with Gasteiger partial charge in [0.15, 0.2) is 5.78 Å². The van der Waals surface area contributed by atoms with E-state index in [0.29, 0.717) is 12.6 Å². The van der Waals surface area contributed by atoms with Crippen molar-refractivity contribution in [3.63, 3.8) is 0 Å². The molecule has 110 valence electrons. The molecule has 1 aliphatic carbocycles. The Balaban J connectivity index is 1.67. The Morgan fingerprint density at radius 2 is 2.00 bits per heavy atom. The molecule has 0 amide bonds. The number of carbonyl (C=O) groups excluding carboxylic acids is 1. The van der Waals surface area contributed by atoms with Gasteiger partial charge in [-0.3, -0.25) is 9.69 Å². The number of ketones is 1. The van der Waals surface area contributed by atoms with Crippen LogP contribution in [0.25, 0.3) is 0 Å². The van der Waals surface area contributed by atoms with E-state index in [2.05, 4.69) is 9.88 Å². The van der Waals surface area contributed by atoms with Crippen LogP contribution in [0.5, 0.6) is 0 Å². The van der Waals surface area contributed by atoms with Gasteiger partial charge in [0, 0.05) is 23.0 Å². The quantitative estimate of drug-likeness (QED) is 0.853. The van der Waals surface area contributed by atoms with E-state index in [-0.39, 0.29) is 5.78 Å². The normalized spacial score (nSPS) is 24.6. The van der Waals surface area contributed by atoms with E-state index in [1.165, 1.54) is 38.5 Å². The molecule has 2 aliphatic rings. The Morgan fingerprint density at radius 3 is 2.65 bits per heavy atom. The minimum Gasteiger partial charge on any atom is -0.362 e. The molecular weight excluding hydrogens is 248 g/mol. The molecule has 1 unspecified atom stereocenters. The molecule has 3 heteroatoms. The van der Waals surface area contributed by atoms with Crippen molar-refractivity contribution < 1.29 is 4.79 Å². The summed E-state index contributed by atoms with van der Waals surface area (Å²) in [4.78, 5) is 18.2. The predicted molar refractivity (Wildman–Crippen MR) is 81.2 cm³/mol. The molecule has 1 aromatic rings. The minimum atomic E-state index is 0.289. The van der Waals surface area contributed by atoms with Crippen LogP contribution in [0.1, 0.15) is 60.3 Å². The average Bonchev–Trinajstić information content (AvgIpc) is 3.09. The van der Waals surface area contributed by atoms with Crippen LogP contribution in [0.3, 0.4) is 0 Å². The molecule has 1 saturated heterocycles. The fraction of sp³-hybridized carbons (Fsp3) is 0.706. The highest BCUT2D eigenvalue weighted by molar-refractivity contribution is 5.98. The second-order valence-corrected chi connectivity index (χ2v) is 6.64. The molecular formula is C17H26N2O. The number of aromatic nitrogens is 1. The van der Waals surface area contributed by atoms with E-state index in [1.807, 2.05) is 19.9 Å². The molecule has 0 bridgehead atoms. The van der Waals surface area contributed by atoms with Gasteiger partial charge in [-0.1, -0.05) is 12.8 Å². The summed E-state index contributed by atoms with van der Waals surface area (Å²) in [5.41, 5.74) is 2.99. The van der Waals surface area contributed by atoms with Gasteiger partial charge in [0.25, 0.3) is 0 Å². The lowest BCUT2D eigenvalue weighted by Crippen LogP contribution is -2.38. The SMILES string of the molecule is Cc1cc(C(=O)CN2CCCC2C2CCCC2)c(C)[nH]1. The zero-order chi connectivity index (χ0) is 14.1. The van der Waals surface area contributed by atoms with Gasteiger partial charge < -0.3 is 4.98 Å². The van der Waals surface area contributed by atoms with E-state index < -0.39 is 0 Å². The van der Waals surface area contributed by atoms with Gasteiger partial charge in [0.2, 0.25) is 0 Å². The number of aryl methyl sites for hydroxylation is 2. The zero-order valence-corrected chi connectivity index (χ0v) is 12.7. The summed E-state index contributed by atoms with van der Waals surface area (Å²) < 4.78 is 0. The van der Waals surface area contributed by atoms with E-state index in [1.54, 1.807) is 0 Å². The van der Waals surface area contributed by atoms with Crippen LogP contribution >= 0.6 is 0 Å². The highest BCUT2D eigenvalue weighted by Gasteiger charge is 2.34. The number of likely N-dealkylation sites (tertiary alicyclic amines) is 1. The molecule has 1 aliphatic heterocycles. The van der Waals surface area contributed by atoms with Gasteiger partial charge in [-0.2, -0.15) is 0 Å². The van der Waals surface area contributed by atoms with Crippen LogP contribution in [0.2, 0.25) is 0 Å². The number of aromatic amines is 1. The Hall–Kier alpha value is -1.09. The third-order valence-corrected chi connectivity index (χ3v) is 5.15. The van der Waals surface area contributed by atoms with Gasteiger partial charge in [-0.15, -0.1) is 0 Å². The fourth-order valence-corrected chi connectivity index (χ4v) is 4.21. The second kappa shape index (κ2) is 5.72. The third kappa shape index (κ3) is 2.69. The molecule has 2 heterocycles. The highest BCUT2D eigenvalue weighted by atomic mass is 16.1. The van der Waals surface area contributed by atoms with Crippen LogP contribution < -0.4 is 0 Å². The van der Waals surface area contributed by atoms with Gasteiger partial charge in [0.05, 0.1) is 6.54 Å². The number of hydrogen-bond donors (Lipinski definition) is 1. The predicted octanol–water partition coefficient (Wildman–Crippen LogP) is 3.47. The number of Topliss-reactive ketones (excluding diaryl/α,β-unsaturated/α-hetero) is 1. The van der Waals surface area contributed by atoms with Gasteiger partial charge in [-0.05, 0) is 58.1 Å². The number of rotatable bonds is 4. The summed E-state index contributed by atoms with van der Waals surface area (Å²) in [6, 6.07) is 2.67. The fourth-order valence-electron chi connectivity index (χ4n) is 4.21. The van der Waals surface area contributed by atoms with Crippen LogP contribution in [0.15, 0.2) is 6.07 Å². The molecule has 1 atom stereocenters. The molecule has 1 saturated carbocycles. The van der Waals surface area contributed by atoms with Crippen molar-refractivity contribution in [2.24, 2.45) is 5.92 Å². The first-order valence-electron chi connectivity index (χ1n) is 8.08. The standard InChI is InChI=1S/C17H26N2O/c1-12-10-15(13(2)18-12)17(20)11-19-9-5-8-16(19)14-6-3-4-7-14/h10,14,16,18H,3-9,11H2,1-2H3. The maximum atomic E-state index is 12.5. The summed E-state index contributed by atoms with van der Waals surface area (Å²) in [6.07, 6.45) is 8.08. The molecule has 1 N–H and O–H groups in total. The molecule has 0 aromatic carbocycles. The number of H-pyrrole nitrogens is 1. The summed E-state index contributed by atoms with van der Waals surface area (Å²) in [5, 5.41) is 0. The molecule has 1 aromatic heterocycles. The summed E-state index contributed by atoms with van der Waals surface area (Å²) in [6.45, 7) is 5.73. The van der Waals surface area contributed by atoms with Crippen molar-refractivity contribution in [1.29, 1.82) is 0 Å². The van der Waals surface area contributed by atoms with E-state index in [9.17, 15) is 4.79 Å². The first kappa shape index (κ1) is 13.9. The highest BCUT2D eigenvalue weighted by Crippen LogP contribution is 2.35. The smallest absolute Gasteiger partial charge is 0.178 e. The summed E-state index contributed by atoms with van der Waals surface area (Å²) in [7, 11) is 0. The second-order valence-electron chi connectivity index (χ2n) is 6.64. The van der Waals surface area contributed by atoms with Crippen molar-refractivity contribution in [2.45, 2.75) is 58.4 Å². The third-order valence-electron chi connectivity index (χ3n) is 5.15. The molecule has 2 fully saturated rings. The van der Waals surface area contributed by atoms with Crippen LogP contribution in [-0.2, 0) is 0 Å². The molecule has 20 heavy (non-hydrogen) atoms. The van der Waals surface area contributed by atoms with E-state index in [4.69, 9.17) is 0 Å². The van der Waals surface area contributed by atoms with Crippen molar-refractivity contribution in [3.05, 3.63) is 23.0 Å². The zero-order valence-electron chi connectivity index (χ0n) is 12.7. The van der Waals surface area contributed by atoms with Crippen LogP contribution in [0, 0.1) is 19.8 Å². The minimum absolute atomic E-state index is 0.289. The lowest BCUT2D eigenvalue weighted by molar-refractivity contribution is 0.0895. The topological polar surface area (TPSA) is 36.1 Å². The summed E-state index contributed by atoms with van der Waals surface area (Å²) in [5.74, 6) is 1.14. The first-order valence-corrected chi connectivity index (χ1v) is 8.08. The number of hydrogen-bond acceptors (Lipinski definition) is 2. The molecule has 0 radical (unpaired) electrons. The van der Waals surface area contributed by atoms with Gasteiger partial charge in [-0.25, -0.2) is 0 Å². The van der Waals surface area contributed by atoms with E-state index >= 15 is 0 Å². The largest absolute Gasteiger partial charge is 0.362 e. The Kier molecular flexibility index (Phi) is 3.97. The first-order chi connectivity index (χ1) is 9.65. The van der Waals surface area contributed by atoms with Crippen LogP contribution in [0.4, 0.5) is 0 Å². The molecule has 0 spiro atoms.